The number of hydrogen-bond donors (Lipinski definition) is 2. The third-order valence-electron chi connectivity index (χ3n) is 13.7. The van der Waals surface area contributed by atoms with Crippen molar-refractivity contribution in [2.45, 2.75) is 109 Å². The third kappa shape index (κ3) is 9.05. The minimum Gasteiger partial charge on any atom is -0.444 e. The summed E-state index contributed by atoms with van der Waals surface area (Å²) in [4.78, 5) is 66.1. The standard InChI is InChI=1S/C51H62N8O4/c1-50(2,3)63-49(62)57-31-25-51(4,26-32-57)48(61)59-30-12-16-43(59)46-53-34-41(55-46)38-23-19-36(20-24-38)35-17-21-37(22-18-35)40-33-52-45(54-40)42-15-11-29-58(42)47(60)44(39-13-7-5-8-14-39)56-27-9-6-10-28-56/h5,7-8,13-14,17-24,33-34,42-44H,6,9-12,15-16,25-32H2,1-4H3,(H,52,54)(H,53,55)/t42-,43-,44+/m0/s1. The quantitative estimate of drug-likeness (QED) is 0.151. The van der Waals surface area contributed by atoms with E-state index in [-0.39, 0.29) is 36.0 Å². The predicted molar refractivity (Wildman–Crippen MR) is 244 cm³/mol. The Morgan fingerprint density at radius 3 is 1.70 bits per heavy atom. The Hall–Kier alpha value is -5.75. The molecule has 9 rings (SSSR count). The third-order valence-corrected chi connectivity index (χ3v) is 13.7. The van der Waals surface area contributed by atoms with Gasteiger partial charge in [-0.25, -0.2) is 14.8 Å². The van der Waals surface area contributed by atoms with Crippen molar-refractivity contribution in [2.75, 3.05) is 39.3 Å². The Bertz CT molecular complexity index is 2370. The van der Waals surface area contributed by atoms with Gasteiger partial charge in [-0.05, 0) is 113 Å². The Morgan fingerprint density at radius 2 is 1.16 bits per heavy atom. The molecule has 2 aromatic heterocycles. The normalized spacial score (nSPS) is 21.1. The highest BCUT2D eigenvalue weighted by atomic mass is 16.6. The molecule has 0 spiro atoms. The van der Waals surface area contributed by atoms with E-state index in [1.54, 1.807) is 4.90 Å². The lowest BCUT2D eigenvalue weighted by atomic mass is 9.79. The Labute approximate surface area is 371 Å². The molecule has 4 fully saturated rings. The average molecular weight is 851 g/mol. The number of ether oxygens (including phenoxy) is 1. The van der Waals surface area contributed by atoms with E-state index in [2.05, 4.69) is 80.4 Å². The van der Waals surface area contributed by atoms with Gasteiger partial charge in [0.05, 0.1) is 35.9 Å². The van der Waals surface area contributed by atoms with Crippen LogP contribution in [-0.2, 0) is 14.3 Å². The molecule has 12 nitrogen and oxygen atoms in total. The molecule has 6 heterocycles. The summed E-state index contributed by atoms with van der Waals surface area (Å²) in [7, 11) is 0. The number of piperidine rings is 2. The number of amides is 3. The van der Waals surface area contributed by atoms with E-state index in [1.165, 1.54) is 6.42 Å². The lowest BCUT2D eigenvalue weighted by molar-refractivity contribution is -0.145. The number of carbonyl (C=O) groups is 3. The fourth-order valence-electron chi connectivity index (χ4n) is 10.1. The van der Waals surface area contributed by atoms with E-state index in [1.807, 2.05) is 63.2 Å². The summed E-state index contributed by atoms with van der Waals surface area (Å²) in [6.07, 6.45) is 11.8. The van der Waals surface area contributed by atoms with Gasteiger partial charge in [0, 0.05) is 31.6 Å². The van der Waals surface area contributed by atoms with Crippen LogP contribution in [0.4, 0.5) is 4.79 Å². The maximum absolute atomic E-state index is 14.4. The molecular formula is C51H62N8O4. The number of likely N-dealkylation sites (tertiary alicyclic amines) is 4. The van der Waals surface area contributed by atoms with Crippen LogP contribution < -0.4 is 0 Å². The summed E-state index contributed by atoms with van der Waals surface area (Å²) >= 11 is 0. The number of nitrogens with one attached hydrogen (secondary N) is 2. The molecular weight excluding hydrogens is 789 g/mol. The van der Waals surface area contributed by atoms with Gasteiger partial charge in [-0.3, -0.25) is 14.5 Å². The highest BCUT2D eigenvalue weighted by Crippen LogP contribution is 2.41. The fraction of sp³-hybridized carbons (Fsp3) is 0.471. The zero-order chi connectivity index (χ0) is 43.7. The van der Waals surface area contributed by atoms with Crippen LogP contribution in [0.3, 0.4) is 0 Å². The Morgan fingerprint density at radius 1 is 0.651 bits per heavy atom. The second-order valence-electron chi connectivity index (χ2n) is 19.3. The Kier molecular flexibility index (Phi) is 12.0. The van der Waals surface area contributed by atoms with Crippen LogP contribution in [0.1, 0.15) is 121 Å². The van der Waals surface area contributed by atoms with E-state index in [0.717, 1.165) is 109 Å². The first-order valence-electron chi connectivity index (χ1n) is 23.1. The summed E-state index contributed by atoms with van der Waals surface area (Å²) in [5.74, 6) is 1.98. The van der Waals surface area contributed by atoms with Crippen LogP contribution >= 0.6 is 0 Å². The van der Waals surface area contributed by atoms with Crippen molar-refractivity contribution in [1.29, 1.82) is 0 Å². The minimum atomic E-state index is -0.550. The van der Waals surface area contributed by atoms with Gasteiger partial charge in [0.15, 0.2) is 0 Å². The van der Waals surface area contributed by atoms with Crippen LogP contribution in [0.2, 0.25) is 0 Å². The molecule has 3 atom stereocenters. The van der Waals surface area contributed by atoms with Gasteiger partial charge in [0.2, 0.25) is 11.8 Å². The van der Waals surface area contributed by atoms with Gasteiger partial charge >= 0.3 is 6.09 Å². The zero-order valence-corrected chi connectivity index (χ0v) is 37.3. The number of rotatable bonds is 9. The number of carbonyl (C=O) groups excluding carboxylic acids is 3. The van der Waals surface area contributed by atoms with Crippen molar-refractivity contribution in [3.8, 4) is 33.6 Å². The molecule has 12 heteroatoms. The van der Waals surface area contributed by atoms with Crippen molar-refractivity contribution in [2.24, 2.45) is 5.41 Å². The van der Waals surface area contributed by atoms with Crippen LogP contribution in [0, 0.1) is 5.41 Å². The lowest BCUT2D eigenvalue weighted by Gasteiger charge is -2.41. The average Bonchev–Trinajstić information content (AvgIpc) is 4.14. The second-order valence-corrected chi connectivity index (χ2v) is 19.3. The molecule has 63 heavy (non-hydrogen) atoms. The number of benzene rings is 3. The van der Waals surface area contributed by atoms with Gasteiger partial charge < -0.3 is 29.4 Å². The maximum atomic E-state index is 14.4. The van der Waals surface area contributed by atoms with Crippen LogP contribution in [-0.4, -0.2) is 102 Å². The number of imidazole rings is 2. The monoisotopic (exact) mass is 850 g/mol. The largest absolute Gasteiger partial charge is 0.444 e. The zero-order valence-electron chi connectivity index (χ0n) is 37.3. The highest BCUT2D eigenvalue weighted by Gasteiger charge is 2.45. The van der Waals surface area contributed by atoms with Gasteiger partial charge in [0.25, 0.3) is 0 Å². The van der Waals surface area contributed by atoms with Crippen LogP contribution in [0.25, 0.3) is 33.6 Å². The Balaban J connectivity index is 0.829. The summed E-state index contributed by atoms with van der Waals surface area (Å²) in [6, 6.07) is 26.9. The molecule has 0 aliphatic carbocycles. The maximum Gasteiger partial charge on any atom is 0.410 e. The van der Waals surface area contributed by atoms with Crippen molar-refractivity contribution in [3.05, 3.63) is 108 Å². The highest BCUT2D eigenvalue weighted by molar-refractivity contribution is 5.84. The van der Waals surface area contributed by atoms with E-state index in [9.17, 15) is 14.4 Å². The molecule has 4 saturated heterocycles. The van der Waals surface area contributed by atoms with Gasteiger partial charge in [-0.1, -0.05) is 92.2 Å². The summed E-state index contributed by atoms with van der Waals surface area (Å²) in [5.41, 5.74) is 6.14. The first-order chi connectivity index (χ1) is 30.4. The SMILES string of the molecule is CC(C)(C)OC(=O)N1CCC(C)(C(=O)N2CCC[C@H]2c2ncc(-c3ccc(-c4ccc(-c5cnc([C@@H]6CCCN6C(=O)[C@@H](c6ccccc6)N6CCCCC6)[nH]5)cc4)cc3)[nH]2)CC1. The van der Waals surface area contributed by atoms with Crippen molar-refractivity contribution in [1.82, 2.24) is 39.5 Å². The molecule has 2 N–H and O–H groups in total. The summed E-state index contributed by atoms with van der Waals surface area (Å²) < 4.78 is 5.58. The number of H-pyrrole nitrogens is 2. The number of aromatic nitrogens is 4. The molecule has 0 radical (unpaired) electrons. The van der Waals surface area contributed by atoms with E-state index < -0.39 is 11.0 Å². The fourth-order valence-corrected chi connectivity index (χ4v) is 10.1. The molecule has 3 aromatic carbocycles. The topological polar surface area (TPSA) is 131 Å². The number of aromatic amines is 2. The minimum absolute atomic E-state index is 0.0731. The first kappa shape index (κ1) is 42.5. The smallest absolute Gasteiger partial charge is 0.410 e. The summed E-state index contributed by atoms with van der Waals surface area (Å²) in [6.45, 7) is 12.0. The van der Waals surface area contributed by atoms with E-state index >= 15 is 0 Å². The predicted octanol–water partition coefficient (Wildman–Crippen LogP) is 9.73. The molecule has 4 aliphatic heterocycles. The van der Waals surface area contributed by atoms with Crippen molar-refractivity contribution < 1.29 is 19.1 Å². The molecule has 0 unspecified atom stereocenters. The molecule has 3 amide bonds. The van der Waals surface area contributed by atoms with Crippen LogP contribution in [0.15, 0.2) is 91.3 Å². The van der Waals surface area contributed by atoms with Crippen molar-refractivity contribution in [3.63, 3.8) is 0 Å². The molecule has 0 bridgehead atoms. The van der Waals surface area contributed by atoms with Gasteiger partial charge in [0.1, 0.15) is 23.3 Å². The molecule has 5 aromatic rings. The summed E-state index contributed by atoms with van der Waals surface area (Å²) in [5, 5.41) is 0. The number of nitrogens with zero attached hydrogens (tertiary/aromatic N) is 6. The molecule has 330 valence electrons. The van der Waals surface area contributed by atoms with Gasteiger partial charge in [-0.15, -0.1) is 0 Å². The van der Waals surface area contributed by atoms with Gasteiger partial charge in [-0.2, -0.15) is 0 Å². The van der Waals surface area contributed by atoms with E-state index in [0.29, 0.717) is 32.5 Å². The molecule has 0 saturated carbocycles. The lowest BCUT2D eigenvalue weighted by Crippen LogP contribution is -2.50. The van der Waals surface area contributed by atoms with E-state index in [4.69, 9.17) is 14.7 Å². The van der Waals surface area contributed by atoms with Crippen LogP contribution in [0.5, 0.6) is 0 Å². The second kappa shape index (κ2) is 17.8. The number of hydrogen-bond acceptors (Lipinski definition) is 7. The molecule has 4 aliphatic rings. The van der Waals surface area contributed by atoms with Crippen molar-refractivity contribution >= 4 is 17.9 Å². The first-order valence-corrected chi connectivity index (χ1v) is 23.1.